The van der Waals surface area contributed by atoms with Crippen molar-refractivity contribution in [3.8, 4) is 11.5 Å². The van der Waals surface area contributed by atoms with Crippen molar-refractivity contribution in [3.63, 3.8) is 0 Å². The molecule has 0 aliphatic carbocycles. The summed E-state index contributed by atoms with van der Waals surface area (Å²) in [5, 5.41) is 9.83. The number of nitrogens with zero attached hydrogens (tertiary/aromatic N) is 3. The summed E-state index contributed by atoms with van der Waals surface area (Å²) in [6.45, 7) is 1.12. The number of halogens is 1. The van der Waals surface area contributed by atoms with Gasteiger partial charge in [0.05, 0.1) is 18.9 Å². The largest absolute Gasteiger partial charge is 0.510 e. The van der Waals surface area contributed by atoms with Gasteiger partial charge in [0.25, 0.3) is 0 Å². The lowest BCUT2D eigenvalue weighted by atomic mass is 10.2. The zero-order valence-electron chi connectivity index (χ0n) is 11.5. The van der Waals surface area contributed by atoms with Crippen LogP contribution in [0.2, 0.25) is 0 Å². The van der Waals surface area contributed by atoms with Crippen molar-refractivity contribution in [2.75, 3.05) is 20.1 Å². The number of rotatable bonds is 3. The van der Waals surface area contributed by atoms with Crippen LogP contribution < -0.4 is 4.74 Å². The van der Waals surface area contributed by atoms with Gasteiger partial charge in [-0.3, -0.25) is 4.90 Å². The molecule has 0 atom stereocenters. The van der Waals surface area contributed by atoms with Gasteiger partial charge >= 0.3 is 0 Å². The Bertz CT molecular complexity index is 668. The van der Waals surface area contributed by atoms with Gasteiger partial charge in [-0.25, -0.2) is 14.4 Å². The summed E-state index contributed by atoms with van der Waals surface area (Å²) in [4.78, 5) is 10.4. The first-order chi connectivity index (χ1) is 10.1. The summed E-state index contributed by atoms with van der Waals surface area (Å²) in [6, 6.07) is 5.70. The quantitative estimate of drug-likeness (QED) is 0.940. The molecule has 0 radical (unpaired) electrons. The van der Waals surface area contributed by atoms with E-state index in [2.05, 4.69) is 9.97 Å². The molecule has 0 bridgehead atoms. The van der Waals surface area contributed by atoms with Crippen LogP contribution in [-0.4, -0.2) is 40.1 Å². The Labute approximate surface area is 121 Å². The molecule has 2 aromatic rings. The monoisotopic (exact) mass is 287 g/mol. The van der Waals surface area contributed by atoms with E-state index in [9.17, 15) is 9.50 Å². The van der Waals surface area contributed by atoms with Gasteiger partial charge in [-0.1, -0.05) is 0 Å². The molecule has 6 heteroatoms. The van der Waals surface area contributed by atoms with Crippen LogP contribution in [0.5, 0.6) is 11.5 Å². The van der Waals surface area contributed by atoms with Crippen LogP contribution in [-0.2, 0) is 0 Å². The summed E-state index contributed by atoms with van der Waals surface area (Å²) >= 11 is 0. The molecule has 1 aromatic carbocycles. The minimum absolute atomic E-state index is 0.296. The van der Waals surface area contributed by atoms with Gasteiger partial charge in [-0.2, -0.15) is 0 Å². The number of ether oxygens (including phenoxy) is 1. The van der Waals surface area contributed by atoms with E-state index in [1.807, 2.05) is 11.9 Å². The van der Waals surface area contributed by atoms with Crippen LogP contribution in [0.4, 0.5) is 4.39 Å². The molecule has 2 heterocycles. The number of aliphatic hydroxyl groups is 1. The zero-order valence-corrected chi connectivity index (χ0v) is 11.5. The van der Waals surface area contributed by atoms with E-state index in [-0.39, 0.29) is 5.82 Å². The number of aromatic nitrogens is 2. The Morgan fingerprint density at radius 1 is 1.10 bits per heavy atom. The molecule has 0 spiro atoms. The van der Waals surface area contributed by atoms with E-state index in [0.29, 0.717) is 36.2 Å². The lowest BCUT2D eigenvalue weighted by Gasteiger charge is -2.07. The van der Waals surface area contributed by atoms with Gasteiger partial charge < -0.3 is 9.84 Å². The summed E-state index contributed by atoms with van der Waals surface area (Å²) in [7, 11) is 1.91. The van der Waals surface area contributed by atoms with Crippen LogP contribution in [0.15, 0.2) is 42.4 Å². The molecule has 21 heavy (non-hydrogen) atoms. The first-order valence-corrected chi connectivity index (χ1v) is 6.47. The Kier molecular flexibility index (Phi) is 3.53. The number of hydrogen-bond acceptors (Lipinski definition) is 5. The number of hydrogen-bond donors (Lipinski definition) is 1. The highest BCUT2D eigenvalue weighted by Gasteiger charge is 2.21. The highest BCUT2D eigenvalue weighted by molar-refractivity contribution is 5.65. The average Bonchev–Trinajstić information content (AvgIpc) is 2.81. The van der Waals surface area contributed by atoms with E-state index in [4.69, 9.17) is 4.74 Å². The van der Waals surface area contributed by atoms with Crippen LogP contribution in [0.1, 0.15) is 5.82 Å². The number of likely N-dealkylation sites (N-methyl/N-ethyl adjacent to an activating group) is 1. The third kappa shape index (κ3) is 3.00. The molecular weight excluding hydrogens is 273 g/mol. The number of benzene rings is 1. The SMILES string of the molecule is CN1CC(O)=C(c2ncc(Oc3ccc(F)cc3)cn2)C1. The van der Waals surface area contributed by atoms with E-state index >= 15 is 0 Å². The van der Waals surface area contributed by atoms with E-state index < -0.39 is 0 Å². The first kappa shape index (κ1) is 13.5. The van der Waals surface area contributed by atoms with Gasteiger partial charge in [-0.05, 0) is 31.3 Å². The van der Waals surface area contributed by atoms with Gasteiger partial charge in [0.2, 0.25) is 0 Å². The molecular formula is C15H14FN3O2. The summed E-state index contributed by atoms with van der Waals surface area (Å²) in [6.07, 6.45) is 3.06. The van der Waals surface area contributed by atoms with Crippen molar-refractivity contribution >= 4 is 5.57 Å². The van der Waals surface area contributed by atoms with Crippen molar-refractivity contribution in [1.82, 2.24) is 14.9 Å². The molecule has 1 aliphatic heterocycles. The Hall–Kier alpha value is -2.47. The van der Waals surface area contributed by atoms with Crippen LogP contribution in [0, 0.1) is 5.82 Å². The second kappa shape index (κ2) is 5.49. The highest BCUT2D eigenvalue weighted by atomic mass is 19.1. The molecule has 0 saturated carbocycles. The molecule has 1 aromatic heterocycles. The summed E-state index contributed by atoms with van der Waals surface area (Å²) in [5.74, 6) is 1.43. The maximum Gasteiger partial charge on any atom is 0.164 e. The Balaban J connectivity index is 1.75. The van der Waals surface area contributed by atoms with Crippen molar-refractivity contribution in [1.29, 1.82) is 0 Å². The van der Waals surface area contributed by atoms with Crippen molar-refractivity contribution in [3.05, 3.63) is 54.1 Å². The fourth-order valence-corrected chi connectivity index (χ4v) is 2.13. The van der Waals surface area contributed by atoms with E-state index in [1.54, 1.807) is 0 Å². The van der Waals surface area contributed by atoms with Gasteiger partial charge in [0.1, 0.15) is 17.3 Å². The second-order valence-corrected chi connectivity index (χ2v) is 4.90. The molecule has 0 unspecified atom stereocenters. The third-order valence-corrected chi connectivity index (χ3v) is 3.14. The van der Waals surface area contributed by atoms with Crippen LogP contribution in [0.3, 0.4) is 0 Å². The molecule has 1 N–H and O–H groups in total. The predicted octanol–water partition coefficient (Wildman–Crippen LogP) is 2.62. The molecule has 0 amide bonds. The third-order valence-electron chi connectivity index (χ3n) is 3.14. The fraction of sp³-hybridized carbons (Fsp3) is 0.200. The maximum absolute atomic E-state index is 12.8. The topological polar surface area (TPSA) is 58.5 Å². The Morgan fingerprint density at radius 3 is 2.33 bits per heavy atom. The first-order valence-electron chi connectivity index (χ1n) is 6.47. The molecule has 1 aliphatic rings. The summed E-state index contributed by atoms with van der Waals surface area (Å²) in [5.41, 5.74) is 0.728. The molecule has 3 rings (SSSR count). The van der Waals surface area contributed by atoms with Crippen molar-refractivity contribution < 1.29 is 14.2 Å². The minimum Gasteiger partial charge on any atom is -0.510 e. The Morgan fingerprint density at radius 2 is 1.76 bits per heavy atom. The molecule has 108 valence electrons. The molecule has 5 nitrogen and oxygen atoms in total. The smallest absolute Gasteiger partial charge is 0.164 e. The lowest BCUT2D eigenvalue weighted by molar-refractivity contribution is 0.343. The van der Waals surface area contributed by atoms with Crippen LogP contribution in [0.25, 0.3) is 5.57 Å². The highest BCUT2D eigenvalue weighted by Crippen LogP contribution is 2.24. The van der Waals surface area contributed by atoms with E-state index in [1.165, 1.54) is 36.7 Å². The molecule has 0 fully saturated rings. The predicted molar refractivity (Wildman–Crippen MR) is 75.6 cm³/mol. The fourth-order valence-electron chi connectivity index (χ4n) is 2.13. The summed E-state index contributed by atoms with van der Waals surface area (Å²) < 4.78 is 18.3. The maximum atomic E-state index is 12.8. The average molecular weight is 287 g/mol. The van der Waals surface area contributed by atoms with Crippen LogP contribution >= 0.6 is 0 Å². The minimum atomic E-state index is -0.318. The van der Waals surface area contributed by atoms with Crippen molar-refractivity contribution in [2.24, 2.45) is 0 Å². The second-order valence-electron chi connectivity index (χ2n) is 4.90. The zero-order chi connectivity index (χ0) is 14.8. The van der Waals surface area contributed by atoms with E-state index in [0.717, 1.165) is 5.57 Å². The van der Waals surface area contributed by atoms with Gasteiger partial charge in [0, 0.05) is 12.1 Å². The normalized spacial score (nSPS) is 15.5. The lowest BCUT2D eigenvalue weighted by Crippen LogP contribution is -2.14. The molecule has 0 saturated heterocycles. The van der Waals surface area contributed by atoms with Gasteiger partial charge in [-0.15, -0.1) is 0 Å². The number of aliphatic hydroxyl groups excluding tert-OH is 1. The van der Waals surface area contributed by atoms with Gasteiger partial charge in [0.15, 0.2) is 11.6 Å². The van der Waals surface area contributed by atoms with Crippen molar-refractivity contribution in [2.45, 2.75) is 0 Å². The standard InChI is InChI=1S/C15H14FN3O2/c1-19-8-13(14(20)9-19)15-17-6-12(7-18-15)21-11-4-2-10(16)3-5-11/h2-7,20H,8-9H2,1H3.